The van der Waals surface area contributed by atoms with Crippen LogP contribution in [0.15, 0.2) is 12.4 Å². The van der Waals surface area contributed by atoms with Crippen LogP contribution >= 0.6 is 0 Å². The van der Waals surface area contributed by atoms with Crippen LogP contribution in [-0.4, -0.2) is 73.1 Å². The molecule has 10 nitrogen and oxygen atoms in total. The summed E-state index contributed by atoms with van der Waals surface area (Å²) in [5.41, 5.74) is 1.99. The summed E-state index contributed by atoms with van der Waals surface area (Å²) in [5.74, 6) is 1.46. The number of carbonyl (C=O) groups is 1. The Morgan fingerprint density at radius 3 is 2.62 bits per heavy atom. The highest BCUT2D eigenvalue weighted by molar-refractivity contribution is 5.86. The SMILES string of the molecule is CNC(=O)NC1CCC(c2cnc(OC3CCOCC3)c3cnc(N[C@@H](C)COC)nc23)CC1. The maximum absolute atomic E-state index is 11.7. The van der Waals surface area contributed by atoms with Gasteiger partial charge in [-0.15, -0.1) is 0 Å². The molecule has 1 aliphatic heterocycles. The third-order valence-electron chi connectivity index (χ3n) is 6.58. The fraction of sp³-hybridized carbons (Fsp3) is 0.667. The molecule has 1 saturated heterocycles. The van der Waals surface area contributed by atoms with Crippen molar-refractivity contribution in [3.63, 3.8) is 0 Å². The quantitative estimate of drug-likeness (QED) is 0.536. The van der Waals surface area contributed by atoms with Crippen LogP contribution in [0.1, 0.15) is 56.9 Å². The number of fused-ring (bicyclic) bond motifs is 1. The van der Waals surface area contributed by atoms with E-state index in [1.54, 1.807) is 14.2 Å². The molecule has 34 heavy (non-hydrogen) atoms. The van der Waals surface area contributed by atoms with Crippen LogP contribution in [0.3, 0.4) is 0 Å². The lowest BCUT2D eigenvalue weighted by molar-refractivity contribution is 0.0244. The summed E-state index contributed by atoms with van der Waals surface area (Å²) in [6.45, 7) is 4.00. The molecule has 0 aromatic carbocycles. The lowest BCUT2D eigenvalue weighted by Crippen LogP contribution is -2.42. The van der Waals surface area contributed by atoms with Crippen molar-refractivity contribution in [1.29, 1.82) is 0 Å². The first kappa shape index (κ1) is 24.4. The van der Waals surface area contributed by atoms with E-state index in [0.29, 0.717) is 37.6 Å². The van der Waals surface area contributed by atoms with E-state index in [1.165, 1.54) is 0 Å². The van der Waals surface area contributed by atoms with Crippen LogP contribution in [0, 0.1) is 0 Å². The Labute approximate surface area is 200 Å². The Morgan fingerprint density at radius 2 is 1.91 bits per heavy atom. The van der Waals surface area contributed by atoms with Crippen molar-refractivity contribution in [2.24, 2.45) is 0 Å². The van der Waals surface area contributed by atoms with Gasteiger partial charge in [0.05, 0.1) is 30.7 Å². The summed E-state index contributed by atoms with van der Waals surface area (Å²) < 4.78 is 17.0. The van der Waals surface area contributed by atoms with Crippen LogP contribution < -0.4 is 20.7 Å². The summed E-state index contributed by atoms with van der Waals surface area (Å²) in [4.78, 5) is 25.9. The van der Waals surface area contributed by atoms with Crippen LogP contribution in [0.5, 0.6) is 5.88 Å². The van der Waals surface area contributed by atoms with Gasteiger partial charge in [-0.05, 0) is 38.5 Å². The molecule has 1 aliphatic carbocycles. The first-order valence-electron chi connectivity index (χ1n) is 12.2. The molecule has 4 rings (SSSR count). The molecule has 3 heterocycles. The Bertz CT molecular complexity index is 960. The zero-order valence-corrected chi connectivity index (χ0v) is 20.3. The Kier molecular flexibility index (Phi) is 8.34. The minimum absolute atomic E-state index is 0.0805. The van der Waals surface area contributed by atoms with Crippen molar-refractivity contribution in [1.82, 2.24) is 25.6 Å². The number of urea groups is 1. The number of nitrogens with one attached hydrogen (secondary N) is 3. The summed E-state index contributed by atoms with van der Waals surface area (Å²) in [7, 11) is 3.32. The van der Waals surface area contributed by atoms with Crippen molar-refractivity contribution < 1.29 is 19.0 Å². The zero-order valence-electron chi connectivity index (χ0n) is 20.3. The molecule has 0 unspecified atom stereocenters. The number of amides is 2. The molecule has 0 radical (unpaired) electrons. The number of pyridine rings is 1. The van der Waals surface area contributed by atoms with Crippen molar-refractivity contribution in [3.8, 4) is 5.88 Å². The topological polar surface area (TPSA) is 120 Å². The number of carbonyl (C=O) groups excluding carboxylic acids is 1. The van der Waals surface area contributed by atoms with Crippen LogP contribution in [-0.2, 0) is 9.47 Å². The standard InChI is InChI=1S/C24H36N6O4/c1-15(14-32-3)28-23-27-13-20-21(30-23)19(12-26-22(20)34-18-8-10-33-11-9-18)16-4-6-17(7-5-16)29-24(31)25-2/h12-13,15-18H,4-11,14H2,1-3H3,(H2,25,29,31)(H,27,28,30)/t15-,16?,17?/m0/s1. The molecular formula is C24H36N6O4. The van der Waals surface area contributed by atoms with Crippen molar-refractivity contribution in [3.05, 3.63) is 18.0 Å². The maximum Gasteiger partial charge on any atom is 0.314 e. The molecular weight excluding hydrogens is 436 g/mol. The molecule has 186 valence electrons. The van der Waals surface area contributed by atoms with Gasteiger partial charge in [-0.2, -0.15) is 0 Å². The largest absolute Gasteiger partial charge is 0.474 e. The number of aromatic nitrogens is 3. The lowest BCUT2D eigenvalue weighted by Gasteiger charge is -2.30. The van der Waals surface area contributed by atoms with Crippen molar-refractivity contribution in [2.75, 3.05) is 39.3 Å². The van der Waals surface area contributed by atoms with E-state index in [1.807, 2.05) is 19.3 Å². The molecule has 3 N–H and O–H groups in total. The van der Waals surface area contributed by atoms with Crippen molar-refractivity contribution in [2.45, 2.75) is 69.6 Å². The van der Waals surface area contributed by atoms with Crippen LogP contribution in [0.25, 0.3) is 10.9 Å². The molecule has 2 fully saturated rings. The van der Waals surface area contributed by atoms with Crippen LogP contribution in [0.2, 0.25) is 0 Å². The first-order chi connectivity index (χ1) is 16.6. The van der Waals surface area contributed by atoms with Gasteiger partial charge in [0.1, 0.15) is 6.10 Å². The number of nitrogens with zero attached hydrogens (tertiary/aromatic N) is 3. The highest BCUT2D eigenvalue weighted by Crippen LogP contribution is 2.38. The van der Waals surface area contributed by atoms with Gasteiger partial charge in [0.25, 0.3) is 0 Å². The molecule has 10 heteroatoms. The van der Waals surface area contributed by atoms with Gasteiger partial charge in [-0.1, -0.05) is 0 Å². The number of hydrogen-bond donors (Lipinski definition) is 3. The molecule has 1 saturated carbocycles. The van der Waals surface area contributed by atoms with Gasteiger partial charge in [0.15, 0.2) is 0 Å². The molecule has 0 spiro atoms. The van der Waals surface area contributed by atoms with Gasteiger partial charge >= 0.3 is 6.03 Å². The number of anilines is 1. The molecule has 2 amide bonds. The summed E-state index contributed by atoms with van der Waals surface area (Å²) >= 11 is 0. The third-order valence-corrected chi connectivity index (χ3v) is 6.58. The maximum atomic E-state index is 11.7. The minimum Gasteiger partial charge on any atom is -0.474 e. The second kappa shape index (κ2) is 11.6. The van der Waals surface area contributed by atoms with E-state index < -0.39 is 0 Å². The highest BCUT2D eigenvalue weighted by atomic mass is 16.5. The fourth-order valence-electron chi connectivity index (χ4n) is 4.75. The fourth-order valence-corrected chi connectivity index (χ4v) is 4.75. The number of rotatable bonds is 8. The second-order valence-corrected chi connectivity index (χ2v) is 9.18. The third kappa shape index (κ3) is 6.04. The van der Waals surface area contributed by atoms with Gasteiger partial charge in [-0.25, -0.2) is 19.7 Å². The molecule has 0 bridgehead atoms. The molecule has 1 atom stereocenters. The second-order valence-electron chi connectivity index (χ2n) is 9.18. The van der Waals surface area contributed by atoms with E-state index in [4.69, 9.17) is 24.2 Å². The van der Waals surface area contributed by atoms with E-state index in [9.17, 15) is 4.79 Å². The van der Waals surface area contributed by atoms with Crippen LogP contribution in [0.4, 0.5) is 10.7 Å². The van der Waals surface area contributed by atoms with Crippen molar-refractivity contribution >= 4 is 22.9 Å². The lowest BCUT2D eigenvalue weighted by atomic mass is 9.81. The Hall–Kier alpha value is -2.72. The smallest absolute Gasteiger partial charge is 0.314 e. The van der Waals surface area contributed by atoms with E-state index in [0.717, 1.165) is 55.0 Å². The van der Waals surface area contributed by atoms with E-state index in [2.05, 4.69) is 20.9 Å². The summed E-state index contributed by atoms with van der Waals surface area (Å²) in [6.07, 6.45) is 9.27. The number of ether oxygens (including phenoxy) is 3. The summed E-state index contributed by atoms with van der Waals surface area (Å²) in [5, 5.41) is 9.82. The Balaban J connectivity index is 1.59. The van der Waals surface area contributed by atoms with Gasteiger partial charge in [0.2, 0.25) is 11.8 Å². The predicted octanol–water partition coefficient (Wildman–Crippen LogP) is 2.98. The molecule has 2 aromatic heterocycles. The number of hydrogen-bond acceptors (Lipinski definition) is 8. The van der Waals surface area contributed by atoms with Gasteiger partial charge in [0, 0.05) is 57.0 Å². The minimum atomic E-state index is -0.126. The zero-order chi connectivity index (χ0) is 23.9. The Morgan fingerprint density at radius 1 is 1.15 bits per heavy atom. The highest BCUT2D eigenvalue weighted by Gasteiger charge is 2.27. The predicted molar refractivity (Wildman–Crippen MR) is 129 cm³/mol. The molecule has 2 aliphatic rings. The average Bonchev–Trinajstić information content (AvgIpc) is 2.85. The normalized spacial score (nSPS) is 22.2. The average molecular weight is 473 g/mol. The number of methoxy groups -OCH3 is 1. The van der Waals surface area contributed by atoms with Gasteiger partial charge < -0.3 is 30.2 Å². The first-order valence-corrected chi connectivity index (χ1v) is 12.2. The monoisotopic (exact) mass is 472 g/mol. The van der Waals surface area contributed by atoms with Gasteiger partial charge in [-0.3, -0.25) is 0 Å². The van der Waals surface area contributed by atoms with E-state index >= 15 is 0 Å². The molecule has 2 aromatic rings. The summed E-state index contributed by atoms with van der Waals surface area (Å²) in [6, 6.07) is 0.143. The van der Waals surface area contributed by atoms with E-state index in [-0.39, 0.29) is 24.2 Å².